The Morgan fingerprint density at radius 3 is 2.62 bits per heavy atom. The molecular formula is C17H13ClN2O. The molecule has 0 fully saturated rings. The van der Waals surface area contributed by atoms with Crippen molar-refractivity contribution in [2.75, 3.05) is 11.9 Å². The van der Waals surface area contributed by atoms with Gasteiger partial charge in [-0.05, 0) is 42.0 Å². The maximum atomic E-state index is 12.1. The van der Waals surface area contributed by atoms with Crippen LogP contribution >= 0.6 is 11.6 Å². The van der Waals surface area contributed by atoms with E-state index in [1.54, 1.807) is 49.5 Å². The summed E-state index contributed by atoms with van der Waals surface area (Å²) in [7, 11) is 1.67. The summed E-state index contributed by atoms with van der Waals surface area (Å²) in [6.07, 6.45) is 3.21. The van der Waals surface area contributed by atoms with Crippen LogP contribution in [0.3, 0.4) is 0 Å². The predicted molar refractivity (Wildman–Crippen MR) is 85.1 cm³/mol. The van der Waals surface area contributed by atoms with Crippen molar-refractivity contribution >= 4 is 29.3 Å². The minimum Gasteiger partial charge on any atom is -0.312 e. The Morgan fingerprint density at radius 1 is 1.24 bits per heavy atom. The summed E-state index contributed by atoms with van der Waals surface area (Å²) in [4.78, 5) is 13.6. The van der Waals surface area contributed by atoms with E-state index in [2.05, 4.69) is 6.07 Å². The van der Waals surface area contributed by atoms with Crippen LogP contribution < -0.4 is 4.90 Å². The molecule has 2 rings (SSSR count). The van der Waals surface area contributed by atoms with E-state index in [1.165, 1.54) is 11.0 Å². The Hall–Kier alpha value is -2.57. The third-order valence-corrected chi connectivity index (χ3v) is 3.23. The van der Waals surface area contributed by atoms with Crippen LogP contribution in [0.25, 0.3) is 6.08 Å². The van der Waals surface area contributed by atoms with Crippen molar-refractivity contribution in [1.82, 2.24) is 0 Å². The molecule has 1 amide bonds. The molecule has 104 valence electrons. The molecule has 0 aromatic heterocycles. The van der Waals surface area contributed by atoms with Crippen LogP contribution in [0.1, 0.15) is 11.1 Å². The van der Waals surface area contributed by atoms with Crippen LogP contribution in [0, 0.1) is 11.3 Å². The monoisotopic (exact) mass is 296 g/mol. The molecule has 0 unspecified atom stereocenters. The van der Waals surface area contributed by atoms with Gasteiger partial charge in [-0.3, -0.25) is 4.79 Å². The van der Waals surface area contributed by atoms with E-state index < -0.39 is 0 Å². The first-order chi connectivity index (χ1) is 10.1. The topological polar surface area (TPSA) is 44.1 Å². The number of likely N-dealkylation sites (N-methyl/N-ethyl adjacent to an activating group) is 1. The van der Waals surface area contributed by atoms with E-state index in [-0.39, 0.29) is 5.91 Å². The van der Waals surface area contributed by atoms with Gasteiger partial charge in [0, 0.05) is 23.8 Å². The molecule has 0 aliphatic heterocycles. The second-order valence-electron chi connectivity index (χ2n) is 4.44. The van der Waals surface area contributed by atoms with E-state index >= 15 is 0 Å². The Kier molecular flexibility index (Phi) is 4.76. The molecule has 0 radical (unpaired) electrons. The third-order valence-electron chi connectivity index (χ3n) is 2.98. The fourth-order valence-corrected chi connectivity index (χ4v) is 1.89. The number of carbonyl (C=O) groups excluding carboxylic acids is 1. The number of benzene rings is 2. The number of nitriles is 1. The van der Waals surface area contributed by atoms with E-state index in [0.717, 1.165) is 5.56 Å². The zero-order valence-corrected chi connectivity index (χ0v) is 12.2. The minimum atomic E-state index is -0.167. The van der Waals surface area contributed by atoms with Gasteiger partial charge in [0.2, 0.25) is 0 Å². The molecule has 0 atom stereocenters. The molecule has 21 heavy (non-hydrogen) atoms. The first-order valence-corrected chi connectivity index (χ1v) is 6.69. The highest BCUT2D eigenvalue weighted by molar-refractivity contribution is 6.30. The molecule has 2 aromatic rings. The Labute approximate surface area is 128 Å². The first kappa shape index (κ1) is 14.8. The lowest BCUT2D eigenvalue weighted by molar-refractivity contribution is -0.113. The molecule has 0 aliphatic rings. The van der Waals surface area contributed by atoms with Gasteiger partial charge in [-0.25, -0.2) is 0 Å². The van der Waals surface area contributed by atoms with Gasteiger partial charge < -0.3 is 4.90 Å². The van der Waals surface area contributed by atoms with E-state index in [0.29, 0.717) is 16.3 Å². The van der Waals surface area contributed by atoms with Crippen LogP contribution in [0.4, 0.5) is 5.69 Å². The molecule has 0 aliphatic carbocycles. The lowest BCUT2D eigenvalue weighted by Crippen LogP contribution is -2.23. The maximum absolute atomic E-state index is 12.1. The quantitative estimate of drug-likeness (QED) is 0.807. The molecular weight excluding hydrogens is 284 g/mol. The first-order valence-electron chi connectivity index (χ1n) is 6.31. The van der Waals surface area contributed by atoms with Gasteiger partial charge >= 0.3 is 0 Å². The Balaban J connectivity index is 2.12. The number of carbonyl (C=O) groups is 1. The zero-order chi connectivity index (χ0) is 15.2. The van der Waals surface area contributed by atoms with Gasteiger partial charge in [-0.15, -0.1) is 0 Å². The van der Waals surface area contributed by atoms with Crippen LogP contribution in [0.15, 0.2) is 54.6 Å². The standard InChI is InChI=1S/C17H13ClN2O/c1-20(16-4-2-3-14(11-16)12-19)17(21)10-7-13-5-8-15(18)9-6-13/h2-11H,1H3/b10-7+. The number of amides is 1. The molecule has 0 saturated carbocycles. The highest BCUT2D eigenvalue weighted by Crippen LogP contribution is 2.15. The fraction of sp³-hybridized carbons (Fsp3) is 0.0588. The van der Waals surface area contributed by atoms with E-state index in [1.807, 2.05) is 12.1 Å². The number of anilines is 1. The minimum absolute atomic E-state index is 0.167. The molecule has 0 bridgehead atoms. The summed E-state index contributed by atoms with van der Waals surface area (Å²) in [5, 5.41) is 9.54. The van der Waals surface area contributed by atoms with Crippen molar-refractivity contribution in [3.63, 3.8) is 0 Å². The van der Waals surface area contributed by atoms with E-state index in [4.69, 9.17) is 16.9 Å². The van der Waals surface area contributed by atoms with Crippen LogP contribution in [-0.2, 0) is 4.79 Å². The van der Waals surface area contributed by atoms with Gasteiger partial charge in [-0.2, -0.15) is 5.26 Å². The second-order valence-corrected chi connectivity index (χ2v) is 4.88. The number of rotatable bonds is 3. The van der Waals surface area contributed by atoms with Crippen molar-refractivity contribution in [2.45, 2.75) is 0 Å². The lowest BCUT2D eigenvalue weighted by Gasteiger charge is -2.15. The molecule has 0 saturated heterocycles. The molecule has 0 spiro atoms. The highest BCUT2D eigenvalue weighted by Gasteiger charge is 2.07. The van der Waals surface area contributed by atoms with Crippen LogP contribution in [0.5, 0.6) is 0 Å². The van der Waals surface area contributed by atoms with Gasteiger partial charge in [0.1, 0.15) is 0 Å². The summed E-state index contributed by atoms with van der Waals surface area (Å²) in [6, 6.07) is 16.2. The summed E-state index contributed by atoms with van der Waals surface area (Å²) in [5.74, 6) is -0.167. The summed E-state index contributed by atoms with van der Waals surface area (Å²) in [6.45, 7) is 0. The Morgan fingerprint density at radius 2 is 1.95 bits per heavy atom. The SMILES string of the molecule is CN(C(=O)/C=C/c1ccc(Cl)cc1)c1cccc(C#N)c1. The average molecular weight is 297 g/mol. The van der Waals surface area contributed by atoms with Crippen molar-refractivity contribution in [3.8, 4) is 6.07 Å². The molecule has 0 N–H and O–H groups in total. The Bertz CT molecular complexity index is 714. The highest BCUT2D eigenvalue weighted by atomic mass is 35.5. The number of hydrogen-bond acceptors (Lipinski definition) is 2. The largest absolute Gasteiger partial charge is 0.312 e. The summed E-state index contributed by atoms with van der Waals surface area (Å²) >= 11 is 5.81. The van der Waals surface area contributed by atoms with Crippen LogP contribution in [-0.4, -0.2) is 13.0 Å². The normalized spacial score (nSPS) is 10.3. The molecule has 0 heterocycles. The van der Waals surface area contributed by atoms with Gasteiger partial charge in [0.25, 0.3) is 5.91 Å². The molecule has 4 heteroatoms. The molecule has 2 aromatic carbocycles. The molecule has 3 nitrogen and oxygen atoms in total. The van der Waals surface area contributed by atoms with E-state index in [9.17, 15) is 4.79 Å². The lowest BCUT2D eigenvalue weighted by atomic mass is 10.2. The van der Waals surface area contributed by atoms with Gasteiger partial charge in [0.05, 0.1) is 11.6 Å². The summed E-state index contributed by atoms with van der Waals surface area (Å²) < 4.78 is 0. The van der Waals surface area contributed by atoms with Crippen molar-refractivity contribution in [3.05, 3.63) is 70.8 Å². The second kappa shape index (κ2) is 6.74. The van der Waals surface area contributed by atoms with Crippen molar-refractivity contribution < 1.29 is 4.79 Å². The number of nitrogens with zero attached hydrogens (tertiary/aromatic N) is 2. The van der Waals surface area contributed by atoms with Crippen molar-refractivity contribution in [2.24, 2.45) is 0 Å². The summed E-state index contributed by atoms with van der Waals surface area (Å²) in [5.41, 5.74) is 2.10. The fourth-order valence-electron chi connectivity index (χ4n) is 1.76. The van der Waals surface area contributed by atoms with Gasteiger partial charge in [-0.1, -0.05) is 29.8 Å². The number of halogens is 1. The van der Waals surface area contributed by atoms with Crippen LogP contribution in [0.2, 0.25) is 5.02 Å². The third kappa shape index (κ3) is 3.95. The average Bonchev–Trinajstić information content (AvgIpc) is 2.53. The predicted octanol–water partition coefficient (Wildman–Crippen LogP) is 3.89. The zero-order valence-electron chi connectivity index (χ0n) is 11.5. The smallest absolute Gasteiger partial charge is 0.250 e. The maximum Gasteiger partial charge on any atom is 0.250 e. The van der Waals surface area contributed by atoms with Crippen molar-refractivity contribution in [1.29, 1.82) is 5.26 Å². The van der Waals surface area contributed by atoms with Gasteiger partial charge in [0.15, 0.2) is 0 Å². The number of hydrogen-bond donors (Lipinski definition) is 0.